The third-order valence-corrected chi connectivity index (χ3v) is 4.08. The first-order chi connectivity index (χ1) is 7.91. The first-order valence-electron chi connectivity index (χ1n) is 7.12. The maximum Gasteiger partial charge on any atom is 0.312 e. The third-order valence-electron chi connectivity index (χ3n) is 4.08. The normalized spacial score (nSPS) is 17.7. The molecular formula is C16H32O2. The highest BCUT2D eigenvalue weighted by Gasteiger charge is 2.40. The summed E-state index contributed by atoms with van der Waals surface area (Å²) < 4.78 is 5.70. The minimum absolute atomic E-state index is 0.00855. The lowest BCUT2D eigenvalue weighted by Crippen LogP contribution is -2.40. The standard InChI is InChI=1S/C16H32O2/c1-11(2)10-16(9,12(3)4)14(17)18-13(5)15(6,7)8/h11-13H,10H2,1-9H3. The van der Waals surface area contributed by atoms with E-state index in [4.69, 9.17) is 4.74 Å². The van der Waals surface area contributed by atoms with E-state index in [1.165, 1.54) is 0 Å². The highest BCUT2D eigenvalue weighted by molar-refractivity contribution is 5.77. The van der Waals surface area contributed by atoms with Gasteiger partial charge in [-0.25, -0.2) is 0 Å². The van der Waals surface area contributed by atoms with Gasteiger partial charge in [0, 0.05) is 0 Å². The van der Waals surface area contributed by atoms with Crippen molar-refractivity contribution >= 4 is 5.97 Å². The van der Waals surface area contributed by atoms with Gasteiger partial charge < -0.3 is 4.74 Å². The van der Waals surface area contributed by atoms with Crippen LogP contribution in [0, 0.1) is 22.7 Å². The fourth-order valence-corrected chi connectivity index (χ4v) is 1.87. The minimum Gasteiger partial charge on any atom is -0.462 e. The topological polar surface area (TPSA) is 26.3 Å². The van der Waals surface area contributed by atoms with Crippen LogP contribution in [-0.2, 0) is 9.53 Å². The van der Waals surface area contributed by atoms with Gasteiger partial charge in [0.2, 0.25) is 0 Å². The van der Waals surface area contributed by atoms with E-state index in [1.807, 2.05) is 13.8 Å². The summed E-state index contributed by atoms with van der Waals surface area (Å²) in [5, 5.41) is 0. The molecule has 0 fully saturated rings. The van der Waals surface area contributed by atoms with Gasteiger partial charge in [0.25, 0.3) is 0 Å². The number of rotatable bonds is 5. The monoisotopic (exact) mass is 256 g/mol. The minimum atomic E-state index is -0.381. The molecule has 18 heavy (non-hydrogen) atoms. The maximum absolute atomic E-state index is 12.5. The molecule has 0 radical (unpaired) electrons. The van der Waals surface area contributed by atoms with E-state index < -0.39 is 0 Å². The first-order valence-corrected chi connectivity index (χ1v) is 7.12. The van der Waals surface area contributed by atoms with Gasteiger partial charge in [-0.2, -0.15) is 0 Å². The van der Waals surface area contributed by atoms with Crippen LogP contribution >= 0.6 is 0 Å². The molecule has 0 rings (SSSR count). The first kappa shape index (κ1) is 17.5. The van der Waals surface area contributed by atoms with E-state index in [1.54, 1.807) is 0 Å². The molecule has 0 N–H and O–H groups in total. The van der Waals surface area contributed by atoms with Gasteiger partial charge in [0.05, 0.1) is 5.41 Å². The summed E-state index contributed by atoms with van der Waals surface area (Å²) >= 11 is 0. The fraction of sp³-hybridized carbons (Fsp3) is 0.938. The summed E-state index contributed by atoms with van der Waals surface area (Å²) in [7, 11) is 0. The van der Waals surface area contributed by atoms with Gasteiger partial charge in [-0.3, -0.25) is 4.79 Å². The average molecular weight is 256 g/mol. The maximum atomic E-state index is 12.5. The molecular weight excluding hydrogens is 224 g/mol. The van der Waals surface area contributed by atoms with Crippen molar-refractivity contribution in [3.05, 3.63) is 0 Å². The SMILES string of the molecule is CC(C)CC(C)(C(=O)OC(C)C(C)(C)C)C(C)C. The Balaban J connectivity index is 4.90. The van der Waals surface area contributed by atoms with Crippen LogP contribution < -0.4 is 0 Å². The fourth-order valence-electron chi connectivity index (χ4n) is 1.87. The van der Waals surface area contributed by atoms with Crippen molar-refractivity contribution in [3.63, 3.8) is 0 Å². The number of carbonyl (C=O) groups excluding carboxylic acids is 1. The van der Waals surface area contributed by atoms with E-state index in [2.05, 4.69) is 48.5 Å². The van der Waals surface area contributed by atoms with Crippen LogP contribution in [0.2, 0.25) is 0 Å². The Morgan fingerprint density at radius 1 is 1.00 bits per heavy atom. The predicted molar refractivity (Wildman–Crippen MR) is 77.4 cm³/mol. The molecule has 2 nitrogen and oxygen atoms in total. The summed E-state index contributed by atoms with van der Waals surface area (Å²) in [4.78, 5) is 12.5. The zero-order valence-corrected chi connectivity index (χ0v) is 13.8. The quantitative estimate of drug-likeness (QED) is 0.668. The molecule has 0 aliphatic rings. The van der Waals surface area contributed by atoms with E-state index >= 15 is 0 Å². The van der Waals surface area contributed by atoms with Crippen molar-refractivity contribution < 1.29 is 9.53 Å². The smallest absolute Gasteiger partial charge is 0.312 e. The molecule has 0 saturated carbocycles. The van der Waals surface area contributed by atoms with E-state index in [-0.39, 0.29) is 22.9 Å². The molecule has 2 heteroatoms. The Morgan fingerprint density at radius 3 is 1.72 bits per heavy atom. The van der Waals surface area contributed by atoms with E-state index in [9.17, 15) is 4.79 Å². The zero-order chi connectivity index (χ0) is 14.7. The number of ether oxygens (including phenoxy) is 1. The van der Waals surface area contributed by atoms with Gasteiger partial charge in [-0.1, -0.05) is 48.5 Å². The number of hydrogen-bond donors (Lipinski definition) is 0. The molecule has 2 atom stereocenters. The largest absolute Gasteiger partial charge is 0.462 e. The molecule has 0 aromatic heterocycles. The van der Waals surface area contributed by atoms with Gasteiger partial charge >= 0.3 is 5.97 Å². The Kier molecular flexibility index (Phi) is 5.90. The molecule has 0 heterocycles. The summed E-state index contributed by atoms with van der Waals surface area (Å²) in [6.07, 6.45) is 0.815. The molecule has 2 unspecified atom stereocenters. The van der Waals surface area contributed by atoms with Crippen LogP contribution in [0.4, 0.5) is 0 Å². The molecule has 0 bridgehead atoms. The molecule has 0 aromatic rings. The second kappa shape index (κ2) is 6.08. The zero-order valence-electron chi connectivity index (χ0n) is 13.8. The summed E-state index contributed by atoms with van der Waals surface area (Å²) in [5.74, 6) is 0.739. The summed E-state index contributed by atoms with van der Waals surface area (Å²) in [5.41, 5.74) is -0.390. The molecule has 0 amide bonds. The van der Waals surface area contributed by atoms with Gasteiger partial charge in [0.1, 0.15) is 6.10 Å². The third kappa shape index (κ3) is 4.62. The van der Waals surface area contributed by atoms with Crippen molar-refractivity contribution in [3.8, 4) is 0 Å². The number of carbonyl (C=O) groups is 1. The molecule has 0 spiro atoms. The molecule has 108 valence electrons. The van der Waals surface area contributed by atoms with Crippen LogP contribution in [-0.4, -0.2) is 12.1 Å². The number of hydrogen-bond acceptors (Lipinski definition) is 2. The van der Waals surface area contributed by atoms with Crippen LogP contribution in [0.25, 0.3) is 0 Å². The van der Waals surface area contributed by atoms with Crippen molar-refractivity contribution in [2.75, 3.05) is 0 Å². The molecule has 0 aliphatic heterocycles. The van der Waals surface area contributed by atoms with Crippen LogP contribution in [0.5, 0.6) is 0 Å². The lowest BCUT2D eigenvalue weighted by atomic mass is 9.73. The average Bonchev–Trinajstić information content (AvgIpc) is 2.14. The lowest BCUT2D eigenvalue weighted by molar-refractivity contribution is -0.169. The molecule has 0 aliphatic carbocycles. The number of esters is 1. The second-order valence-electron chi connectivity index (χ2n) is 7.58. The van der Waals surface area contributed by atoms with Crippen LogP contribution in [0.1, 0.15) is 68.7 Å². The molecule has 0 aromatic carbocycles. The van der Waals surface area contributed by atoms with Gasteiger partial charge in [-0.15, -0.1) is 0 Å². The van der Waals surface area contributed by atoms with Crippen LogP contribution in [0.15, 0.2) is 0 Å². The Labute approximate surface area is 113 Å². The van der Waals surface area contributed by atoms with Crippen molar-refractivity contribution in [1.82, 2.24) is 0 Å². The summed E-state index contributed by atoms with van der Waals surface area (Å²) in [6, 6.07) is 0. The van der Waals surface area contributed by atoms with E-state index in [0.717, 1.165) is 6.42 Å². The lowest BCUT2D eigenvalue weighted by Gasteiger charge is -2.36. The molecule has 0 saturated heterocycles. The van der Waals surface area contributed by atoms with Crippen molar-refractivity contribution in [2.45, 2.75) is 74.8 Å². The summed E-state index contributed by atoms with van der Waals surface area (Å²) in [6.45, 7) is 18.8. The highest BCUT2D eigenvalue weighted by atomic mass is 16.5. The van der Waals surface area contributed by atoms with Gasteiger partial charge in [0.15, 0.2) is 0 Å². The second-order valence-corrected chi connectivity index (χ2v) is 7.58. The Morgan fingerprint density at radius 2 is 1.44 bits per heavy atom. The van der Waals surface area contributed by atoms with Crippen molar-refractivity contribution in [2.24, 2.45) is 22.7 Å². The van der Waals surface area contributed by atoms with E-state index in [0.29, 0.717) is 11.8 Å². The Hall–Kier alpha value is -0.530. The van der Waals surface area contributed by atoms with Gasteiger partial charge in [-0.05, 0) is 37.5 Å². The van der Waals surface area contributed by atoms with Crippen molar-refractivity contribution in [1.29, 1.82) is 0 Å². The Bertz CT molecular complexity index is 273. The van der Waals surface area contributed by atoms with Crippen LogP contribution in [0.3, 0.4) is 0 Å². The predicted octanol–water partition coefficient (Wildman–Crippen LogP) is 4.67. The highest BCUT2D eigenvalue weighted by Crippen LogP contribution is 2.37.